The highest BCUT2D eigenvalue weighted by Gasteiger charge is 2.50. The van der Waals surface area contributed by atoms with Gasteiger partial charge < -0.3 is 30.2 Å². The van der Waals surface area contributed by atoms with E-state index >= 15 is 0 Å². The van der Waals surface area contributed by atoms with Crippen molar-refractivity contribution in [2.24, 2.45) is 17.6 Å². The molecule has 260 valence electrons. The van der Waals surface area contributed by atoms with Gasteiger partial charge in [0.15, 0.2) is 5.78 Å². The Hall–Kier alpha value is -5.36. The zero-order valence-electron chi connectivity index (χ0n) is 28.7. The van der Waals surface area contributed by atoms with E-state index in [-0.39, 0.29) is 71.6 Å². The number of hydrogen-bond donors (Lipinski definition) is 3. The summed E-state index contributed by atoms with van der Waals surface area (Å²) in [6.45, 7) is 9.00. The van der Waals surface area contributed by atoms with Gasteiger partial charge in [-0.15, -0.1) is 0 Å². The van der Waals surface area contributed by atoms with E-state index in [0.717, 1.165) is 16.5 Å². The molecule has 0 bridgehead atoms. The fourth-order valence-electron chi connectivity index (χ4n) is 6.79. The molecule has 0 aliphatic carbocycles. The first-order chi connectivity index (χ1) is 23.8. The summed E-state index contributed by atoms with van der Waals surface area (Å²) >= 11 is 0. The Labute approximate surface area is 288 Å². The fraction of sp³-hybridized carbons (Fsp3) is 0.368. The zero-order valence-corrected chi connectivity index (χ0v) is 28.7. The molecule has 1 amide bonds. The molecule has 2 aliphatic rings. The zero-order chi connectivity index (χ0) is 36.1. The summed E-state index contributed by atoms with van der Waals surface area (Å²) in [4.78, 5) is 71.1. The minimum atomic E-state index is -1.90. The summed E-state index contributed by atoms with van der Waals surface area (Å²) in [5.41, 5.74) is 8.20. The molecule has 12 nitrogen and oxygen atoms in total. The lowest BCUT2D eigenvalue weighted by Crippen LogP contribution is -2.47. The second-order valence-corrected chi connectivity index (χ2v) is 13.3. The van der Waals surface area contributed by atoms with Crippen molar-refractivity contribution in [3.8, 4) is 17.1 Å². The molecule has 2 aromatic heterocycles. The van der Waals surface area contributed by atoms with Crippen molar-refractivity contribution in [3.05, 3.63) is 86.7 Å². The number of carbonyl (C=O) groups is 4. The molecule has 0 spiro atoms. The molecule has 12 heteroatoms. The van der Waals surface area contributed by atoms with Crippen molar-refractivity contribution >= 4 is 40.2 Å². The monoisotopic (exact) mass is 680 g/mol. The van der Waals surface area contributed by atoms with Gasteiger partial charge in [-0.3, -0.25) is 14.4 Å². The number of fused-ring (bicyclic) bond motifs is 5. The van der Waals surface area contributed by atoms with Gasteiger partial charge in [-0.2, -0.15) is 0 Å². The predicted octanol–water partition coefficient (Wildman–Crippen LogP) is 4.73. The number of aromatic hydroxyl groups is 1. The summed E-state index contributed by atoms with van der Waals surface area (Å²) in [5.74, 6) is -2.72. The van der Waals surface area contributed by atoms with E-state index in [0.29, 0.717) is 29.0 Å². The van der Waals surface area contributed by atoms with Crippen LogP contribution >= 0.6 is 0 Å². The van der Waals surface area contributed by atoms with Crippen LogP contribution in [0.1, 0.15) is 80.1 Å². The first kappa shape index (κ1) is 34.5. The van der Waals surface area contributed by atoms with Crippen LogP contribution in [-0.2, 0) is 49.0 Å². The summed E-state index contributed by atoms with van der Waals surface area (Å²) in [6.07, 6.45) is 0.636. The van der Waals surface area contributed by atoms with Crippen LogP contribution in [0.3, 0.4) is 0 Å². The smallest absolute Gasteiger partial charge is 0.355 e. The maximum Gasteiger partial charge on any atom is 0.355 e. The maximum atomic E-state index is 14.0. The third-order valence-electron chi connectivity index (χ3n) is 9.81. The number of aryl methyl sites for hydroxylation is 1. The van der Waals surface area contributed by atoms with E-state index in [2.05, 4.69) is 5.32 Å². The van der Waals surface area contributed by atoms with Gasteiger partial charge in [0.2, 0.25) is 11.5 Å². The van der Waals surface area contributed by atoms with Crippen LogP contribution < -0.4 is 16.6 Å². The molecule has 4 N–H and O–H groups in total. The van der Waals surface area contributed by atoms with Gasteiger partial charge in [-0.05, 0) is 72.9 Å². The first-order valence-electron chi connectivity index (χ1n) is 16.8. The van der Waals surface area contributed by atoms with Crippen molar-refractivity contribution in [3.63, 3.8) is 0 Å². The number of ketones is 1. The number of nitrogens with two attached hydrogens (primary N) is 1. The van der Waals surface area contributed by atoms with E-state index in [1.165, 1.54) is 24.3 Å². The summed E-state index contributed by atoms with van der Waals surface area (Å²) in [6, 6.07) is 12.0. The lowest BCUT2D eigenvalue weighted by Gasteiger charge is -2.35. The number of rotatable bonds is 10. The Balaban J connectivity index is 1.28. The molecule has 6 rings (SSSR count). The second kappa shape index (κ2) is 13.2. The Bertz CT molecular complexity index is 2120. The quantitative estimate of drug-likeness (QED) is 0.175. The number of Topliss-reactive ketones (excluding diaryl/α,β-unsaturated/α-hetero) is 1. The largest absolute Gasteiger partial charge is 0.508 e. The third-order valence-corrected chi connectivity index (χ3v) is 9.81. The topological polar surface area (TPSA) is 180 Å². The number of anilines is 1. The van der Waals surface area contributed by atoms with Gasteiger partial charge in [0.05, 0.1) is 40.6 Å². The number of ether oxygens (including phenoxy) is 2. The number of aromatic nitrogens is 2. The minimum Gasteiger partial charge on any atom is -0.508 e. The van der Waals surface area contributed by atoms with Gasteiger partial charge in [0, 0.05) is 34.5 Å². The third kappa shape index (κ3) is 5.83. The van der Waals surface area contributed by atoms with Crippen LogP contribution in [0.15, 0.2) is 53.3 Å². The fourth-order valence-corrected chi connectivity index (χ4v) is 6.79. The number of amides is 1. The maximum absolute atomic E-state index is 14.0. The summed E-state index contributed by atoms with van der Waals surface area (Å²) in [7, 11) is 0. The number of cyclic esters (lactones) is 1. The first-order valence-corrected chi connectivity index (χ1v) is 16.8. The molecule has 4 aromatic rings. The lowest BCUT2D eigenvalue weighted by atomic mass is 9.85. The molecule has 0 saturated heterocycles. The number of carbonyl (C=O) groups excluding carboxylic acids is 4. The standard InChI is InChI=1S/C38H40N4O8/c1-6-24-25-15-23(43)12-13-29(25)41-33-26(24)17-42-30(33)16-28-27(35(42)46)18-49-37(48)38(28,7-2)50-36(47)21-8-10-22(11-9-21)40-34(45)20(5)14-31(44)32(39)19(3)4/h8-13,15-16,19-20,32,43H,6-7,14,17-18,39H2,1-5H3,(H,40,45)/t20-,32+,38+/m1/s1. The van der Waals surface area contributed by atoms with Crippen molar-refractivity contribution in [1.82, 2.24) is 9.55 Å². The molecule has 2 aliphatic heterocycles. The minimum absolute atomic E-state index is 0.00160. The van der Waals surface area contributed by atoms with Crippen LogP contribution in [0.5, 0.6) is 5.75 Å². The highest BCUT2D eigenvalue weighted by molar-refractivity contribution is 5.98. The Morgan fingerprint density at radius 3 is 2.44 bits per heavy atom. The Kier molecular flexibility index (Phi) is 9.08. The SMILES string of the molecule is CCc1c2c(nc3ccc(O)cc13)-c1cc3c(c(=O)n1C2)COC(=O)[C@@]3(CC)OC(=O)c1ccc(NC(=O)[C@H](C)CC(=O)[C@@H](N)C(C)C)cc1. The van der Waals surface area contributed by atoms with Gasteiger partial charge in [0.1, 0.15) is 12.4 Å². The molecular formula is C38H40N4O8. The number of benzene rings is 2. The van der Waals surface area contributed by atoms with E-state index in [1.54, 1.807) is 42.7 Å². The van der Waals surface area contributed by atoms with Crippen LogP contribution in [0.25, 0.3) is 22.3 Å². The lowest BCUT2D eigenvalue weighted by molar-refractivity contribution is -0.173. The number of nitrogens with one attached hydrogen (secondary N) is 1. The molecule has 50 heavy (non-hydrogen) atoms. The predicted molar refractivity (Wildman–Crippen MR) is 185 cm³/mol. The van der Waals surface area contributed by atoms with Crippen molar-refractivity contribution < 1.29 is 33.8 Å². The molecule has 0 radical (unpaired) electrons. The summed E-state index contributed by atoms with van der Waals surface area (Å²) in [5, 5.41) is 13.7. The Morgan fingerprint density at radius 1 is 1.06 bits per heavy atom. The van der Waals surface area contributed by atoms with E-state index in [4.69, 9.17) is 20.2 Å². The molecule has 0 saturated carbocycles. The molecule has 3 atom stereocenters. The highest BCUT2D eigenvalue weighted by Crippen LogP contribution is 2.42. The van der Waals surface area contributed by atoms with Crippen LogP contribution in [-0.4, -0.2) is 44.3 Å². The number of esters is 2. The van der Waals surface area contributed by atoms with Gasteiger partial charge in [-0.25, -0.2) is 14.6 Å². The average molecular weight is 681 g/mol. The Morgan fingerprint density at radius 2 is 1.78 bits per heavy atom. The number of phenols is 1. The number of phenolic OH excluding ortho intramolecular Hbond substituents is 1. The molecule has 0 fully saturated rings. The van der Waals surface area contributed by atoms with E-state index in [1.807, 2.05) is 20.8 Å². The summed E-state index contributed by atoms with van der Waals surface area (Å²) < 4.78 is 13.1. The van der Waals surface area contributed by atoms with Crippen LogP contribution in [0.4, 0.5) is 5.69 Å². The highest BCUT2D eigenvalue weighted by atomic mass is 16.6. The van der Waals surface area contributed by atoms with Crippen LogP contribution in [0, 0.1) is 11.8 Å². The molecule has 2 aromatic carbocycles. The van der Waals surface area contributed by atoms with Crippen molar-refractivity contribution in [2.75, 3.05) is 5.32 Å². The van der Waals surface area contributed by atoms with Crippen molar-refractivity contribution in [1.29, 1.82) is 0 Å². The van der Waals surface area contributed by atoms with E-state index in [9.17, 15) is 29.1 Å². The second-order valence-electron chi connectivity index (χ2n) is 13.3. The number of pyridine rings is 2. The number of nitrogens with zero attached hydrogens (tertiary/aromatic N) is 2. The average Bonchev–Trinajstić information content (AvgIpc) is 3.46. The van der Waals surface area contributed by atoms with Gasteiger partial charge in [0.25, 0.3) is 5.56 Å². The molecular weight excluding hydrogens is 640 g/mol. The van der Waals surface area contributed by atoms with Crippen molar-refractivity contribution in [2.45, 2.75) is 78.7 Å². The van der Waals surface area contributed by atoms with E-state index < -0.39 is 29.5 Å². The van der Waals surface area contributed by atoms with Gasteiger partial charge >= 0.3 is 11.9 Å². The molecule has 0 unspecified atom stereocenters. The molecule has 4 heterocycles. The van der Waals surface area contributed by atoms with Crippen LogP contribution in [0.2, 0.25) is 0 Å². The normalized spacial score (nSPS) is 17.4. The number of hydrogen-bond acceptors (Lipinski definition) is 10. The van der Waals surface area contributed by atoms with Gasteiger partial charge in [-0.1, -0.05) is 34.6 Å².